The molecule has 0 bridgehead atoms. The topological polar surface area (TPSA) is 51.2 Å². The highest BCUT2D eigenvalue weighted by atomic mass is 79.9. The average molecular weight is 280 g/mol. The zero-order chi connectivity index (χ0) is 10.6. The molecule has 1 rings (SSSR count). The quantitative estimate of drug-likeness (QED) is 0.862. The highest BCUT2D eigenvalue weighted by molar-refractivity contribution is 9.10. The van der Waals surface area contributed by atoms with E-state index in [1.165, 1.54) is 7.11 Å². The van der Waals surface area contributed by atoms with Crippen LogP contribution in [0, 0.1) is 0 Å². The molecule has 14 heavy (non-hydrogen) atoms. The van der Waals surface area contributed by atoms with Crippen molar-refractivity contribution in [3.05, 3.63) is 21.9 Å². The van der Waals surface area contributed by atoms with Crippen LogP contribution in [0.4, 0.5) is 5.69 Å². The Labute approximate surface area is 94.7 Å². The van der Waals surface area contributed by atoms with E-state index >= 15 is 0 Å². The summed E-state index contributed by atoms with van der Waals surface area (Å²) in [6, 6.07) is 1.67. The van der Waals surface area contributed by atoms with Gasteiger partial charge in [0, 0.05) is 17.8 Å². The van der Waals surface area contributed by atoms with Crippen LogP contribution in [0.5, 0.6) is 0 Å². The fourth-order valence-corrected chi connectivity index (χ4v) is 1.31. The number of carbonyl (C=O) groups excluding carboxylic acids is 1. The predicted molar refractivity (Wildman–Crippen MR) is 57.5 cm³/mol. The van der Waals surface area contributed by atoms with E-state index in [1.807, 2.05) is 0 Å². The molecular weight excluding hydrogens is 271 g/mol. The molecule has 0 radical (unpaired) electrons. The number of hydrogen-bond acceptors (Lipinski definition) is 3. The molecule has 0 aliphatic carbocycles. The van der Waals surface area contributed by atoms with Gasteiger partial charge in [0.15, 0.2) is 5.15 Å². The first-order valence-electron chi connectivity index (χ1n) is 3.73. The molecule has 1 heterocycles. The van der Waals surface area contributed by atoms with Crippen molar-refractivity contribution in [1.29, 1.82) is 0 Å². The van der Waals surface area contributed by atoms with E-state index in [4.69, 9.17) is 11.6 Å². The van der Waals surface area contributed by atoms with Crippen molar-refractivity contribution in [1.82, 2.24) is 4.98 Å². The van der Waals surface area contributed by atoms with E-state index in [-0.39, 0.29) is 17.7 Å². The van der Waals surface area contributed by atoms with Crippen LogP contribution in [0.15, 0.2) is 16.7 Å². The van der Waals surface area contributed by atoms with Gasteiger partial charge in [-0.15, -0.1) is 0 Å². The number of ether oxygens (including phenoxy) is 1. The number of nitrogens with one attached hydrogen (secondary N) is 1. The molecule has 6 heteroatoms. The van der Waals surface area contributed by atoms with Crippen molar-refractivity contribution in [2.45, 2.75) is 0 Å². The zero-order valence-electron chi connectivity index (χ0n) is 7.38. The number of hydrogen-bond donors (Lipinski definition) is 1. The first kappa shape index (κ1) is 11.4. The van der Waals surface area contributed by atoms with Crippen LogP contribution in [0.25, 0.3) is 0 Å². The first-order valence-corrected chi connectivity index (χ1v) is 4.90. The van der Waals surface area contributed by atoms with Gasteiger partial charge in [-0.25, -0.2) is 4.98 Å². The Hall–Kier alpha value is -0.650. The fourth-order valence-electron chi connectivity index (χ4n) is 0.828. The minimum atomic E-state index is -0.269. The van der Waals surface area contributed by atoms with Gasteiger partial charge in [-0.1, -0.05) is 11.6 Å². The van der Waals surface area contributed by atoms with Crippen LogP contribution in [-0.2, 0) is 9.53 Å². The van der Waals surface area contributed by atoms with Gasteiger partial charge in [-0.2, -0.15) is 0 Å². The molecule has 1 N–H and O–H groups in total. The van der Waals surface area contributed by atoms with Crippen molar-refractivity contribution in [3.63, 3.8) is 0 Å². The fraction of sp³-hybridized carbons (Fsp3) is 0.250. The third kappa shape index (κ3) is 3.25. The number of anilines is 1. The molecule has 1 aromatic heterocycles. The lowest BCUT2D eigenvalue weighted by Crippen LogP contribution is -2.17. The number of rotatable bonds is 3. The number of nitrogens with zero attached hydrogens (tertiary/aromatic N) is 1. The van der Waals surface area contributed by atoms with Crippen molar-refractivity contribution in [2.75, 3.05) is 19.0 Å². The summed E-state index contributed by atoms with van der Waals surface area (Å²) in [6.45, 7) is -0.0111. The molecule has 0 aliphatic rings. The Bertz CT molecular complexity index is 346. The summed E-state index contributed by atoms with van der Waals surface area (Å²) in [6.07, 6.45) is 1.55. The van der Waals surface area contributed by atoms with Gasteiger partial charge in [-0.3, -0.25) is 4.79 Å². The van der Waals surface area contributed by atoms with Gasteiger partial charge in [0.2, 0.25) is 5.91 Å². The Kier molecular flexibility index (Phi) is 4.31. The third-order valence-corrected chi connectivity index (χ3v) is 2.09. The Morgan fingerprint density at radius 1 is 1.79 bits per heavy atom. The number of carbonyl (C=O) groups is 1. The Morgan fingerprint density at radius 3 is 3.14 bits per heavy atom. The summed E-state index contributed by atoms with van der Waals surface area (Å²) < 4.78 is 5.40. The highest BCUT2D eigenvalue weighted by Crippen LogP contribution is 2.22. The monoisotopic (exact) mass is 278 g/mol. The maximum Gasteiger partial charge on any atom is 0.250 e. The molecule has 0 atom stereocenters. The summed E-state index contributed by atoms with van der Waals surface area (Å²) in [7, 11) is 1.44. The van der Waals surface area contributed by atoms with Crippen molar-refractivity contribution < 1.29 is 9.53 Å². The minimum Gasteiger partial charge on any atom is -0.375 e. The Balaban J connectivity index is 2.75. The molecule has 0 aliphatic heterocycles. The maximum absolute atomic E-state index is 11.1. The number of amides is 1. The van der Waals surface area contributed by atoms with E-state index in [9.17, 15) is 4.79 Å². The van der Waals surface area contributed by atoms with Crippen LogP contribution in [-0.4, -0.2) is 24.6 Å². The van der Waals surface area contributed by atoms with Crippen molar-refractivity contribution >= 4 is 39.1 Å². The van der Waals surface area contributed by atoms with E-state index in [1.54, 1.807) is 12.3 Å². The molecule has 0 saturated carbocycles. The van der Waals surface area contributed by atoms with Crippen LogP contribution in [0.2, 0.25) is 5.15 Å². The molecule has 0 saturated heterocycles. The number of methoxy groups -OCH3 is 1. The van der Waals surface area contributed by atoms with Crippen molar-refractivity contribution in [2.24, 2.45) is 0 Å². The van der Waals surface area contributed by atoms with E-state index in [0.29, 0.717) is 5.69 Å². The molecule has 1 amide bonds. The second-order valence-corrected chi connectivity index (χ2v) is 3.75. The molecule has 76 valence electrons. The normalized spacial score (nSPS) is 9.93. The van der Waals surface area contributed by atoms with E-state index < -0.39 is 0 Å². The first-order chi connectivity index (χ1) is 6.63. The summed E-state index contributed by atoms with van der Waals surface area (Å²) in [4.78, 5) is 15.0. The third-order valence-electron chi connectivity index (χ3n) is 1.36. The van der Waals surface area contributed by atoms with Crippen LogP contribution in [0.1, 0.15) is 0 Å². The smallest absolute Gasteiger partial charge is 0.250 e. The average Bonchev–Trinajstić information content (AvgIpc) is 2.12. The molecule has 0 fully saturated rings. The summed E-state index contributed by atoms with van der Waals surface area (Å²) in [5.74, 6) is -0.269. The maximum atomic E-state index is 11.1. The molecule has 4 nitrogen and oxygen atoms in total. The SMILES string of the molecule is COCC(=O)Nc1cc(Br)cnc1Cl. The number of aromatic nitrogens is 1. The highest BCUT2D eigenvalue weighted by Gasteiger charge is 2.06. The van der Waals surface area contributed by atoms with Crippen molar-refractivity contribution in [3.8, 4) is 0 Å². The van der Waals surface area contributed by atoms with Crippen LogP contribution >= 0.6 is 27.5 Å². The van der Waals surface area contributed by atoms with Gasteiger partial charge in [0.05, 0.1) is 5.69 Å². The molecule has 0 spiro atoms. The Morgan fingerprint density at radius 2 is 2.50 bits per heavy atom. The lowest BCUT2D eigenvalue weighted by atomic mass is 10.4. The van der Waals surface area contributed by atoms with E-state index in [0.717, 1.165) is 4.47 Å². The lowest BCUT2D eigenvalue weighted by Gasteiger charge is -2.05. The van der Waals surface area contributed by atoms with Gasteiger partial charge in [0.1, 0.15) is 6.61 Å². The largest absolute Gasteiger partial charge is 0.375 e. The summed E-state index contributed by atoms with van der Waals surface area (Å²) in [5.41, 5.74) is 0.461. The molecule has 1 aromatic rings. The second-order valence-electron chi connectivity index (χ2n) is 2.47. The summed E-state index contributed by atoms with van der Waals surface area (Å²) >= 11 is 8.97. The van der Waals surface area contributed by atoms with Gasteiger partial charge >= 0.3 is 0 Å². The number of halogens is 2. The molecule has 0 unspecified atom stereocenters. The van der Waals surface area contributed by atoms with Crippen LogP contribution in [0.3, 0.4) is 0 Å². The summed E-state index contributed by atoms with van der Waals surface area (Å²) in [5, 5.41) is 2.81. The van der Waals surface area contributed by atoms with Gasteiger partial charge in [0.25, 0.3) is 0 Å². The van der Waals surface area contributed by atoms with Gasteiger partial charge in [-0.05, 0) is 22.0 Å². The standard InChI is InChI=1S/C8H8BrClN2O2/c1-14-4-7(13)12-6-2-5(9)3-11-8(6)10/h2-3H,4H2,1H3,(H,12,13). The number of pyridine rings is 1. The van der Waals surface area contributed by atoms with Gasteiger partial charge < -0.3 is 10.1 Å². The van der Waals surface area contributed by atoms with Crippen LogP contribution < -0.4 is 5.32 Å². The molecular formula is C8H8BrClN2O2. The zero-order valence-corrected chi connectivity index (χ0v) is 9.72. The second kappa shape index (κ2) is 5.29. The lowest BCUT2D eigenvalue weighted by molar-refractivity contribution is -0.119. The minimum absolute atomic E-state index is 0.0111. The van der Waals surface area contributed by atoms with E-state index in [2.05, 4.69) is 31.0 Å². The molecule has 0 aromatic carbocycles. The predicted octanol–water partition coefficient (Wildman–Crippen LogP) is 2.08.